The van der Waals surface area contributed by atoms with Gasteiger partial charge in [-0.25, -0.2) is 4.98 Å². The van der Waals surface area contributed by atoms with Gasteiger partial charge in [0.25, 0.3) is 5.56 Å². The molecule has 0 unspecified atom stereocenters. The van der Waals surface area contributed by atoms with Crippen molar-refractivity contribution in [2.75, 3.05) is 13.2 Å². The standard InChI is InChI=1S/C24H25N3O3S/c1-3-12-30-21-15(8-7-10-18(21)29-4-2)13-16(14-25)22-26-23(28)20-17-9-5-6-11-19(17)31-24(20)27-22/h7-8,10,13H,3-6,9,11-12H2,1-2H3,(H,26,27,28)/b16-13+. The van der Waals surface area contributed by atoms with Crippen molar-refractivity contribution < 1.29 is 9.47 Å². The van der Waals surface area contributed by atoms with E-state index in [1.807, 2.05) is 32.0 Å². The van der Waals surface area contributed by atoms with E-state index >= 15 is 0 Å². The van der Waals surface area contributed by atoms with Crippen LogP contribution in [0.5, 0.6) is 11.5 Å². The van der Waals surface area contributed by atoms with Crippen LogP contribution >= 0.6 is 11.3 Å². The first-order valence-corrected chi connectivity index (χ1v) is 11.5. The fourth-order valence-electron chi connectivity index (χ4n) is 3.87. The number of nitrogens with one attached hydrogen (secondary N) is 1. The highest BCUT2D eigenvalue weighted by Crippen LogP contribution is 2.36. The van der Waals surface area contributed by atoms with Gasteiger partial charge >= 0.3 is 0 Å². The highest BCUT2D eigenvalue weighted by atomic mass is 32.1. The predicted molar refractivity (Wildman–Crippen MR) is 124 cm³/mol. The van der Waals surface area contributed by atoms with E-state index < -0.39 is 0 Å². The van der Waals surface area contributed by atoms with E-state index in [1.54, 1.807) is 17.4 Å². The van der Waals surface area contributed by atoms with E-state index in [4.69, 9.17) is 9.47 Å². The first kappa shape index (κ1) is 21.1. The molecule has 2 aromatic heterocycles. The van der Waals surface area contributed by atoms with Gasteiger partial charge in [0, 0.05) is 10.4 Å². The molecule has 0 amide bonds. The lowest BCUT2D eigenvalue weighted by atomic mass is 9.97. The van der Waals surface area contributed by atoms with E-state index in [2.05, 4.69) is 16.0 Å². The van der Waals surface area contributed by atoms with Crippen molar-refractivity contribution in [3.8, 4) is 17.6 Å². The molecule has 4 rings (SSSR count). The van der Waals surface area contributed by atoms with Gasteiger partial charge in [0.05, 0.1) is 24.2 Å². The van der Waals surface area contributed by atoms with Crippen molar-refractivity contribution in [1.82, 2.24) is 9.97 Å². The lowest BCUT2D eigenvalue weighted by Gasteiger charge is -2.14. The van der Waals surface area contributed by atoms with Crippen LogP contribution < -0.4 is 15.0 Å². The van der Waals surface area contributed by atoms with Crippen LogP contribution in [0.3, 0.4) is 0 Å². The molecule has 0 atom stereocenters. The molecule has 0 aliphatic heterocycles. The van der Waals surface area contributed by atoms with Gasteiger partial charge < -0.3 is 14.5 Å². The number of para-hydroxylation sites is 1. The lowest BCUT2D eigenvalue weighted by molar-refractivity contribution is 0.276. The Labute approximate surface area is 185 Å². The maximum atomic E-state index is 12.9. The number of hydrogen-bond donors (Lipinski definition) is 1. The SMILES string of the molecule is CCCOc1c(/C=C(\C#N)c2nc3sc4c(c3c(=O)[nH]2)CCCC4)cccc1OCC. The third-order valence-corrected chi connectivity index (χ3v) is 6.45. The molecule has 1 aromatic carbocycles. The fourth-order valence-corrected chi connectivity index (χ4v) is 5.14. The Kier molecular flexibility index (Phi) is 6.38. The van der Waals surface area contributed by atoms with E-state index in [0.29, 0.717) is 40.5 Å². The van der Waals surface area contributed by atoms with Crippen molar-refractivity contribution in [3.63, 3.8) is 0 Å². The average Bonchev–Trinajstić information content (AvgIpc) is 3.16. The molecular weight excluding hydrogens is 410 g/mol. The van der Waals surface area contributed by atoms with E-state index in [9.17, 15) is 10.1 Å². The van der Waals surface area contributed by atoms with Crippen molar-refractivity contribution in [3.05, 3.63) is 50.4 Å². The van der Waals surface area contributed by atoms with Gasteiger partial charge in [-0.2, -0.15) is 5.26 Å². The third-order valence-electron chi connectivity index (χ3n) is 5.26. The van der Waals surface area contributed by atoms with Gasteiger partial charge in [-0.05, 0) is 56.7 Å². The summed E-state index contributed by atoms with van der Waals surface area (Å²) >= 11 is 1.57. The summed E-state index contributed by atoms with van der Waals surface area (Å²) in [5.74, 6) is 1.50. The van der Waals surface area contributed by atoms with Crippen molar-refractivity contribution in [2.45, 2.75) is 46.0 Å². The number of H-pyrrole nitrogens is 1. The Morgan fingerprint density at radius 1 is 1.29 bits per heavy atom. The highest BCUT2D eigenvalue weighted by molar-refractivity contribution is 7.18. The molecule has 3 aromatic rings. The monoisotopic (exact) mass is 435 g/mol. The number of ether oxygens (including phenoxy) is 2. The molecule has 0 bridgehead atoms. The second kappa shape index (κ2) is 9.36. The summed E-state index contributed by atoms with van der Waals surface area (Å²) in [6.45, 7) is 4.99. The minimum Gasteiger partial charge on any atom is -0.490 e. The number of allylic oxidation sites excluding steroid dienone is 1. The summed E-state index contributed by atoms with van der Waals surface area (Å²) in [6, 6.07) is 7.76. The molecule has 6 nitrogen and oxygen atoms in total. The topological polar surface area (TPSA) is 88.0 Å². The maximum absolute atomic E-state index is 12.9. The van der Waals surface area contributed by atoms with Crippen LogP contribution in [-0.2, 0) is 12.8 Å². The molecule has 0 saturated heterocycles. The van der Waals surface area contributed by atoms with E-state index in [0.717, 1.165) is 37.7 Å². The van der Waals surface area contributed by atoms with E-state index in [-0.39, 0.29) is 17.0 Å². The smallest absolute Gasteiger partial charge is 0.260 e. The quantitative estimate of drug-likeness (QED) is 0.521. The van der Waals surface area contributed by atoms with E-state index in [1.165, 1.54) is 4.88 Å². The number of aromatic nitrogens is 2. The summed E-state index contributed by atoms with van der Waals surface area (Å²) in [5.41, 5.74) is 1.95. The summed E-state index contributed by atoms with van der Waals surface area (Å²) in [7, 11) is 0. The molecule has 1 N–H and O–H groups in total. The normalized spacial score (nSPS) is 13.6. The van der Waals surface area contributed by atoms with Crippen LogP contribution in [0.1, 0.15) is 54.9 Å². The fraction of sp³-hybridized carbons (Fsp3) is 0.375. The minimum absolute atomic E-state index is 0.175. The summed E-state index contributed by atoms with van der Waals surface area (Å²) < 4.78 is 11.6. The molecule has 7 heteroatoms. The molecule has 0 spiro atoms. The van der Waals surface area contributed by atoms with Gasteiger partial charge in [-0.15, -0.1) is 11.3 Å². The number of rotatable bonds is 7. The van der Waals surface area contributed by atoms with Crippen LogP contribution in [0.15, 0.2) is 23.0 Å². The average molecular weight is 436 g/mol. The second-order valence-electron chi connectivity index (χ2n) is 7.43. The molecular formula is C24H25N3O3S. The Bertz CT molecular complexity index is 1230. The Balaban J connectivity index is 1.81. The number of nitrogens with zero attached hydrogens (tertiary/aromatic N) is 2. The van der Waals surface area contributed by atoms with Crippen molar-refractivity contribution >= 4 is 33.2 Å². The second-order valence-corrected chi connectivity index (χ2v) is 8.51. The molecule has 1 aliphatic carbocycles. The largest absolute Gasteiger partial charge is 0.490 e. The van der Waals surface area contributed by atoms with Gasteiger partial charge in [-0.3, -0.25) is 4.79 Å². The minimum atomic E-state index is -0.175. The van der Waals surface area contributed by atoms with Crippen LogP contribution in [0.4, 0.5) is 0 Å². The van der Waals surface area contributed by atoms with Crippen LogP contribution in [0, 0.1) is 11.3 Å². The third kappa shape index (κ3) is 4.21. The highest BCUT2D eigenvalue weighted by Gasteiger charge is 2.21. The molecule has 2 heterocycles. The predicted octanol–water partition coefficient (Wildman–Crippen LogP) is 5.12. The lowest BCUT2D eigenvalue weighted by Crippen LogP contribution is -2.12. The summed E-state index contributed by atoms with van der Waals surface area (Å²) in [6.07, 6.45) is 6.70. The molecule has 0 radical (unpaired) electrons. The molecule has 1 aliphatic rings. The van der Waals surface area contributed by atoms with Crippen LogP contribution in [-0.4, -0.2) is 23.2 Å². The van der Waals surface area contributed by atoms with Gasteiger partial charge in [0.2, 0.25) is 0 Å². The number of thiophene rings is 1. The zero-order valence-corrected chi connectivity index (χ0v) is 18.6. The Hall–Kier alpha value is -3.11. The Morgan fingerprint density at radius 2 is 2.13 bits per heavy atom. The molecule has 160 valence electrons. The number of nitriles is 1. The van der Waals surface area contributed by atoms with Gasteiger partial charge in [-0.1, -0.05) is 19.1 Å². The van der Waals surface area contributed by atoms with Crippen LogP contribution in [0.2, 0.25) is 0 Å². The molecule has 31 heavy (non-hydrogen) atoms. The number of aryl methyl sites for hydroxylation is 2. The zero-order chi connectivity index (χ0) is 21.8. The van der Waals surface area contributed by atoms with Gasteiger partial charge in [0.1, 0.15) is 10.9 Å². The number of fused-ring (bicyclic) bond motifs is 3. The first-order valence-electron chi connectivity index (χ1n) is 10.7. The summed E-state index contributed by atoms with van der Waals surface area (Å²) in [5, 5.41) is 10.5. The number of aromatic amines is 1. The van der Waals surface area contributed by atoms with Crippen LogP contribution in [0.25, 0.3) is 21.9 Å². The van der Waals surface area contributed by atoms with Crippen molar-refractivity contribution in [1.29, 1.82) is 5.26 Å². The molecule has 0 saturated carbocycles. The van der Waals surface area contributed by atoms with Gasteiger partial charge in [0.15, 0.2) is 17.3 Å². The number of benzene rings is 1. The van der Waals surface area contributed by atoms with Crippen molar-refractivity contribution in [2.24, 2.45) is 0 Å². The summed E-state index contributed by atoms with van der Waals surface area (Å²) in [4.78, 5) is 22.3. The maximum Gasteiger partial charge on any atom is 0.260 e. The Morgan fingerprint density at radius 3 is 2.90 bits per heavy atom. The number of hydrogen-bond acceptors (Lipinski definition) is 6. The molecule has 0 fully saturated rings. The zero-order valence-electron chi connectivity index (χ0n) is 17.8. The first-order chi connectivity index (χ1) is 15.2.